The summed E-state index contributed by atoms with van der Waals surface area (Å²) in [6.45, 7) is 4.70. The van der Waals surface area contributed by atoms with Crippen LogP contribution in [0.1, 0.15) is 32.7 Å². The summed E-state index contributed by atoms with van der Waals surface area (Å²) in [5.74, 6) is 0. The van der Waals surface area contributed by atoms with Crippen molar-refractivity contribution in [1.82, 2.24) is 34.2 Å². The van der Waals surface area contributed by atoms with Crippen molar-refractivity contribution in [3.8, 4) is 22.5 Å². The van der Waals surface area contributed by atoms with E-state index in [1.165, 1.54) is 0 Å². The molecule has 152 valence electrons. The third-order valence-electron chi connectivity index (χ3n) is 5.17. The topological polar surface area (TPSA) is 112 Å². The van der Waals surface area contributed by atoms with Crippen molar-refractivity contribution >= 4 is 5.52 Å². The Morgan fingerprint density at radius 2 is 1.83 bits per heavy atom. The highest BCUT2D eigenvalue weighted by atomic mass is 16.3. The van der Waals surface area contributed by atoms with E-state index in [0.29, 0.717) is 12.6 Å². The minimum absolute atomic E-state index is 0.0860. The molecule has 0 aliphatic carbocycles. The Morgan fingerprint density at radius 3 is 2.59 bits per heavy atom. The van der Waals surface area contributed by atoms with Crippen LogP contribution in [0.3, 0.4) is 0 Å². The summed E-state index contributed by atoms with van der Waals surface area (Å²) >= 11 is 0. The number of aromatic nitrogens is 7. The van der Waals surface area contributed by atoms with Crippen molar-refractivity contribution in [1.29, 1.82) is 0 Å². The van der Waals surface area contributed by atoms with Crippen LogP contribution in [-0.2, 0) is 6.54 Å². The third kappa shape index (κ3) is 3.79. The molecule has 9 nitrogen and oxygen atoms in total. The van der Waals surface area contributed by atoms with Gasteiger partial charge in [-0.15, -0.1) is 0 Å². The van der Waals surface area contributed by atoms with Crippen molar-refractivity contribution < 1.29 is 5.11 Å². The Morgan fingerprint density at radius 1 is 1.03 bits per heavy atom. The van der Waals surface area contributed by atoms with Gasteiger partial charge in [-0.05, 0) is 18.9 Å². The van der Waals surface area contributed by atoms with Crippen molar-refractivity contribution in [3.05, 3.63) is 43.2 Å². The Balaban J connectivity index is 1.74. The fourth-order valence-electron chi connectivity index (χ4n) is 3.50. The second kappa shape index (κ2) is 8.14. The zero-order valence-corrected chi connectivity index (χ0v) is 16.7. The summed E-state index contributed by atoms with van der Waals surface area (Å²) in [6, 6.07) is 1.97. The zero-order valence-electron chi connectivity index (χ0n) is 16.7. The summed E-state index contributed by atoms with van der Waals surface area (Å²) in [4.78, 5) is 4.90. The molecular formula is C20H26N8O. The molecule has 4 aromatic rings. The van der Waals surface area contributed by atoms with Crippen LogP contribution in [0.5, 0.6) is 0 Å². The molecule has 0 aliphatic rings. The molecule has 1 unspecified atom stereocenters. The average Bonchev–Trinajstić information content (AvgIpc) is 3.48. The minimum Gasteiger partial charge on any atom is -0.395 e. The molecule has 0 saturated carbocycles. The highest BCUT2D eigenvalue weighted by Crippen LogP contribution is 2.27. The van der Waals surface area contributed by atoms with Gasteiger partial charge in [0.25, 0.3) is 0 Å². The summed E-state index contributed by atoms with van der Waals surface area (Å²) in [5, 5.41) is 22.5. The molecule has 0 bridgehead atoms. The average molecular weight is 394 g/mol. The number of nitrogens with two attached hydrogens (primary N) is 1. The van der Waals surface area contributed by atoms with Crippen molar-refractivity contribution in [3.63, 3.8) is 0 Å². The summed E-state index contributed by atoms with van der Waals surface area (Å²) < 4.78 is 5.56. The smallest absolute Gasteiger partial charge is 0.0999 e. The van der Waals surface area contributed by atoms with Crippen LogP contribution in [0.15, 0.2) is 43.2 Å². The number of aliphatic hydroxyl groups excluding tert-OH is 1. The first kappa shape index (κ1) is 19.3. The van der Waals surface area contributed by atoms with E-state index in [-0.39, 0.29) is 12.6 Å². The fourth-order valence-corrected chi connectivity index (χ4v) is 3.50. The first-order valence-corrected chi connectivity index (χ1v) is 9.91. The molecule has 29 heavy (non-hydrogen) atoms. The Bertz CT molecular complexity index is 1090. The van der Waals surface area contributed by atoms with Gasteiger partial charge in [0.15, 0.2) is 0 Å². The molecule has 1 atom stereocenters. The van der Waals surface area contributed by atoms with Gasteiger partial charge in [0, 0.05) is 29.6 Å². The first-order valence-electron chi connectivity index (χ1n) is 9.91. The maximum Gasteiger partial charge on any atom is 0.0999 e. The van der Waals surface area contributed by atoms with Gasteiger partial charge in [0.2, 0.25) is 0 Å². The van der Waals surface area contributed by atoms with Crippen LogP contribution in [0, 0.1) is 0 Å². The minimum atomic E-state index is -0.351. The maximum atomic E-state index is 9.16. The van der Waals surface area contributed by atoms with Crippen LogP contribution >= 0.6 is 0 Å². The Labute approximate surface area is 168 Å². The molecular weight excluding hydrogens is 368 g/mol. The van der Waals surface area contributed by atoms with Gasteiger partial charge in [0.1, 0.15) is 0 Å². The van der Waals surface area contributed by atoms with Crippen LogP contribution in [0.25, 0.3) is 28.0 Å². The number of hydrogen-bond acceptors (Lipinski definition) is 6. The largest absolute Gasteiger partial charge is 0.395 e. The molecule has 4 heterocycles. The molecule has 3 N–H and O–H groups in total. The van der Waals surface area contributed by atoms with Crippen LogP contribution in [-0.4, -0.2) is 51.9 Å². The monoisotopic (exact) mass is 394 g/mol. The fraction of sp³-hybridized carbons (Fsp3) is 0.400. The molecule has 0 aliphatic heterocycles. The van der Waals surface area contributed by atoms with Gasteiger partial charge >= 0.3 is 0 Å². The van der Waals surface area contributed by atoms with Crippen LogP contribution in [0.2, 0.25) is 0 Å². The Hall–Kier alpha value is -3.04. The van der Waals surface area contributed by atoms with Gasteiger partial charge < -0.3 is 10.8 Å². The van der Waals surface area contributed by atoms with Crippen molar-refractivity contribution in [2.75, 3.05) is 6.61 Å². The summed E-state index contributed by atoms with van der Waals surface area (Å²) in [6.07, 6.45) is 13.3. The third-order valence-corrected chi connectivity index (χ3v) is 5.17. The number of hydrogen-bond donors (Lipinski definition) is 2. The SMILES string of the molecule is CCC(CC)n1cc(-c2nc(-c3cnn(CC(N)CO)c3)cn3nccc23)cn1. The second-order valence-corrected chi connectivity index (χ2v) is 7.21. The highest BCUT2D eigenvalue weighted by Gasteiger charge is 2.15. The van der Waals surface area contributed by atoms with E-state index in [2.05, 4.69) is 35.3 Å². The predicted octanol–water partition coefficient (Wildman–Crippen LogP) is 2.14. The van der Waals surface area contributed by atoms with Gasteiger partial charge in [-0.2, -0.15) is 15.3 Å². The first-order chi connectivity index (χ1) is 14.1. The molecule has 0 amide bonds. The standard InChI is InChI=1S/C20H26N8O/c1-3-17(4-2)27-10-15(8-24-27)20-19-5-6-22-28(19)12-18(25-20)14-7-23-26(9-14)11-16(21)13-29/h5-10,12,16-17,29H,3-4,11,13,21H2,1-2H3. The van der Waals surface area contributed by atoms with Gasteiger partial charge in [-0.1, -0.05) is 13.8 Å². The quantitative estimate of drug-likeness (QED) is 0.473. The van der Waals surface area contributed by atoms with Crippen LogP contribution < -0.4 is 5.73 Å². The molecule has 0 radical (unpaired) electrons. The van der Waals surface area contributed by atoms with E-state index < -0.39 is 0 Å². The van der Waals surface area contributed by atoms with Gasteiger partial charge in [0.05, 0.1) is 60.9 Å². The number of nitrogens with zero attached hydrogens (tertiary/aromatic N) is 7. The van der Waals surface area contributed by atoms with E-state index in [4.69, 9.17) is 15.8 Å². The number of fused-ring (bicyclic) bond motifs is 1. The predicted molar refractivity (Wildman–Crippen MR) is 110 cm³/mol. The molecule has 0 aromatic carbocycles. The summed E-state index contributed by atoms with van der Waals surface area (Å²) in [5.41, 5.74) is 10.1. The van der Waals surface area contributed by atoms with E-state index in [9.17, 15) is 0 Å². The van der Waals surface area contributed by atoms with E-state index in [1.807, 2.05) is 33.9 Å². The van der Waals surface area contributed by atoms with Gasteiger partial charge in [-0.25, -0.2) is 9.50 Å². The molecule has 9 heteroatoms. The highest BCUT2D eigenvalue weighted by molar-refractivity contribution is 5.78. The van der Waals surface area contributed by atoms with E-state index in [0.717, 1.165) is 40.9 Å². The lowest BCUT2D eigenvalue weighted by molar-refractivity contribution is 0.250. The summed E-state index contributed by atoms with van der Waals surface area (Å²) in [7, 11) is 0. The van der Waals surface area contributed by atoms with E-state index >= 15 is 0 Å². The zero-order chi connectivity index (χ0) is 20.4. The normalized spacial score (nSPS) is 12.9. The molecule has 0 spiro atoms. The van der Waals surface area contributed by atoms with Crippen molar-refractivity contribution in [2.45, 2.75) is 45.3 Å². The van der Waals surface area contributed by atoms with Gasteiger partial charge in [-0.3, -0.25) is 9.36 Å². The lowest BCUT2D eigenvalue weighted by Crippen LogP contribution is -2.29. The molecule has 4 aromatic heterocycles. The Kier molecular flexibility index (Phi) is 5.41. The molecule has 0 fully saturated rings. The van der Waals surface area contributed by atoms with E-state index in [1.54, 1.807) is 17.1 Å². The maximum absolute atomic E-state index is 9.16. The molecule has 0 saturated heterocycles. The number of rotatable bonds is 8. The second-order valence-electron chi connectivity index (χ2n) is 7.21. The lowest BCUT2D eigenvalue weighted by atomic mass is 10.1. The van der Waals surface area contributed by atoms with Crippen molar-refractivity contribution in [2.24, 2.45) is 5.73 Å². The molecule has 4 rings (SSSR count). The lowest BCUT2D eigenvalue weighted by Gasteiger charge is -2.12. The number of aliphatic hydroxyl groups is 1. The van der Waals surface area contributed by atoms with Crippen LogP contribution in [0.4, 0.5) is 0 Å².